The summed E-state index contributed by atoms with van der Waals surface area (Å²) in [7, 11) is -1.50. The Hall–Kier alpha value is -6.69. The van der Waals surface area contributed by atoms with Crippen molar-refractivity contribution in [3.05, 3.63) is 84.7 Å². The molecule has 2 unspecified atom stereocenters. The summed E-state index contributed by atoms with van der Waals surface area (Å²) < 4.78 is 64.7. The van der Waals surface area contributed by atoms with E-state index in [4.69, 9.17) is 24.3 Å². The first kappa shape index (κ1) is 42.0. The van der Waals surface area contributed by atoms with Crippen molar-refractivity contribution in [3.8, 4) is 45.3 Å². The number of aliphatic imine (C=N–C) groups is 1. The fourth-order valence-corrected chi connectivity index (χ4v) is 7.48. The number of anilines is 2. The molecule has 4 atom stereocenters. The Labute approximate surface area is 350 Å². The Morgan fingerprint density at radius 2 is 1.44 bits per heavy atom. The molecule has 2 aromatic carbocycles. The third-order valence-electron chi connectivity index (χ3n) is 9.53. The molecule has 62 heavy (non-hydrogen) atoms. The summed E-state index contributed by atoms with van der Waals surface area (Å²) in [4.78, 5) is 41.4. The molecule has 22 nitrogen and oxygen atoms in total. The third-order valence-corrected chi connectivity index (χ3v) is 10.6. The van der Waals surface area contributed by atoms with Crippen molar-refractivity contribution in [2.75, 3.05) is 49.3 Å². The van der Waals surface area contributed by atoms with Gasteiger partial charge in [0, 0.05) is 40.3 Å². The number of tetrazole rings is 2. The van der Waals surface area contributed by atoms with Gasteiger partial charge in [0.2, 0.25) is 11.6 Å². The van der Waals surface area contributed by atoms with Gasteiger partial charge >= 0.3 is 13.9 Å². The maximum Gasteiger partial charge on any atom is 0.472 e. The summed E-state index contributed by atoms with van der Waals surface area (Å²) in [5, 5.41) is 33.4. The number of pyridine rings is 2. The van der Waals surface area contributed by atoms with Crippen LogP contribution in [0.25, 0.3) is 45.3 Å². The molecular formula is C37H37F2N14O8P. The molecule has 0 radical (unpaired) electrons. The van der Waals surface area contributed by atoms with Crippen LogP contribution in [0.3, 0.4) is 0 Å². The molecule has 2 aliphatic heterocycles. The maximum atomic E-state index is 15.3. The van der Waals surface area contributed by atoms with Gasteiger partial charge in [-0.2, -0.15) is 9.59 Å². The lowest BCUT2D eigenvalue weighted by Crippen LogP contribution is -2.35. The van der Waals surface area contributed by atoms with Crippen LogP contribution in [0.4, 0.5) is 25.0 Å². The number of halogens is 2. The first-order valence-electron chi connectivity index (χ1n) is 18.8. The van der Waals surface area contributed by atoms with Gasteiger partial charge in [0.05, 0.1) is 65.3 Å². The molecule has 0 spiro atoms. The third kappa shape index (κ3) is 9.44. The van der Waals surface area contributed by atoms with Gasteiger partial charge in [-0.15, -0.1) is 20.4 Å². The summed E-state index contributed by atoms with van der Waals surface area (Å²) in [6, 6.07) is 14.7. The molecule has 1 saturated heterocycles. The van der Waals surface area contributed by atoms with Gasteiger partial charge < -0.3 is 30.1 Å². The van der Waals surface area contributed by atoms with Crippen LogP contribution < -0.4 is 15.5 Å². The van der Waals surface area contributed by atoms with Crippen LogP contribution in [0.1, 0.15) is 0 Å². The molecular weight excluding hydrogens is 837 g/mol. The molecule has 2 aliphatic rings. The molecule has 0 bridgehead atoms. The van der Waals surface area contributed by atoms with Crippen LogP contribution in [0.2, 0.25) is 0 Å². The second-order valence-corrected chi connectivity index (χ2v) is 15.4. The van der Waals surface area contributed by atoms with Crippen LogP contribution in [0.15, 0.2) is 78.0 Å². The Balaban J connectivity index is 0.785. The van der Waals surface area contributed by atoms with Gasteiger partial charge in [-0.25, -0.2) is 23.1 Å². The lowest BCUT2D eigenvalue weighted by atomic mass is 10.1. The van der Waals surface area contributed by atoms with E-state index in [-0.39, 0.29) is 49.1 Å². The first-order chi connectivity index (χ1) is 29.8. The Bertz CT molecular complexity index is 2650. The zero-order valence-corrected chi connectivity index (χ0v) is 33.7. The van der Waals surface area contributed by atoms with E-state index in [1.54, 1.807) is 56.6 Å². The number of hydrogen-bond acceptors (Lipinski definition) is 18. The van der Waals surface area contributed by atoms with Crippen molar-refractivity contribution in [1.82, 2.24) is 50.4 Å². The number of guanidine groups is 1. The number of nitrogens with zero attached hydrogens (tertiary/aromatic N) is 13. The number of phosphoric acid groups is 1. The second-order valence-electron chi connectivity index (χ2n) is 14.0. The SMILES string of the molecule is Cn1nnc(-c2ccc(-c3ccc(N4C[C@H](COCC(CO)OP(=O)(O)OC[C@H]5CN(c6ccc(-c7ccc(-c8nnn(C)n8)nc7)c(F)c6)C(N)=N5)OC4=O)cc3F)cn2)n1. The van der Waals surface area contributed by atoms with Crippen molar-refractivity contribution in [3.63, 3.8) is 0 Å². The van der Waals surface area contributed by atoms with E-state index >= 15 is 8.78 Å². The number of aliphatic hydroxyl groups is 1. The minimum atomic E-state index is -4.76. The van der Waals surface area contributed by atoms with Crippen LogP contribution in [-0.2, 0) is 37.2 Å². The summed E-state index contributed by atoms with van der Waals surface area (Å²) in [5.74, 6) is -0.456. The molecule has 6 heterocycles. The molecule has 4 aromatic heterocycles. The summed E-state index contributed by atoms with van der Waals surface area (Å²) in [6.45, 7) is -1.54. The van der Waals surface area contributed by atoms with Crippen LogP contribution in [0.5, 0.6) is 0 Å². The number of rotatable bonds is 16. The fourth-order valence-electron chi connectivity index (χ4n) is 6.55. The standard InChI is InChI=1S/C37H37F2N14O8P/c1-50-46-34(44-48-50)32-9-3-21(13-41-32)28-7-5-24(11-30(28)38)52-15-23(43-36(52)40)18-59-62(56,57)61-27(17-54)20-58-19-26-16-53(37(55)60-26)25-6-8-29(31(39)12-25)22-4-10-33(42-14-22)35-45-49-51(2)47-35/h3-14,23,26-27,54H,15-20H2,1-2H3,(H2,40,43)(H,56,57)/t23-,26-,27?/m1/s1. The highest BCUT2D eigenvalue weighted by atomic mass is 31.2. The Kier molecular flexibility index (Phi) is 12.0. The smallest absolute Gasteiger partial charge is 0.441 e. The highest BCUT2D eigenvalue weighted by Gasteiger charge is 2.35. The number of ether oxygens (including phenoxy) is 2. The summed E-state index contributed by atoms with van der Waals surface area (Å²) in [6.07, 6.45) is 0.159. The maximum absolute atomic E-state index is 15.3. The van der Waals surface area contributed by atoms with E-state index < -0.39 is 57.0 Å². The Morgan fingerprint density at radius 1 is 0.855 bits per heavy atom. The molecule has 25 heteroatoms. The summed E-state index contributed by atoms with van der Waals surface area (Å²) in [5.41, 5.74) is 9.25. The minimum absolute atomic E-state index is 0.0129. The van der Waals surface area contributed by atoms with Crippen molar-refractivity contribution >= 4 is 31.3 Å². The van der Waals surface area contributed by atoms with E-state index in [2.05, 4.69) is 45.8 Å². The molecule has 8 rings (SSSR count). The van der Waals surface area contributed by atoms with Gasteiger partial charge in [0.15, 0.2) is 5.96 Å². The van der Waals surface area contributed by atoms with E-state index in [0.29, 0.717) is 39.9 Å². The monoisotopic (exact) mass is 874 g/mol. The van der Waals surface area contributed by atoms with Crippen LogP contribution in [-0.4, -0.2) is 130 Å². The number of benzene rings is 2. The predicted octanol–water partition coefficient (Wildman–Crippen LogP) is 2.51. The predicted molar refractivity (Wildman–Crippen MR) is 214 cm³/mol. The first-order valence-corrected chi connectivity index (χ1v) is 20.3. The average Bonchev–Trinajstić information content (AvgIpc) is 4.07. The Morgan fingerprint density at radius 3 is 1.94 bits per heavy atom. The molecule has 6 aromatic rings. The van der Waals surface area contributed by atoms with E-state index in [1.165, 1.54) is 50.0 Å². The number of carbonyl (C=O) groups excluding carboxylic acids is 1. The molecule has 4 N–H and O–H groups in total. The summed E-state index contributed by atoms with van der Waals surface area (Å²) >= 11 is 0. The van der Waals surface area contributed by atoms with Gasteiger partial charge in [-0.1, -0.05) is 12.1 Å². The van der Waals surface area contributed by atoms with E-state index in [9.17, 15) is 19.4 Å². The van der Waals surface area contributed by atoms with Crippen molar-refractivity contribution in [1.29, 1.82) is 0 Å². The van der Waals surface area contributed by atoms with Crippen molar-refractivity contribution in [2.24, 2.45) is 24.8 Å². The van der Waals surface area contributed by atoms with E-state index in [1.807, 2.05) is 0 Å². The number of hydrogen-bond donors (Lipinski definition) is 3. The number of aryl methyl sites for hydroxylation is 2. The van der Waals surface area contributed by atoms with E-state index in [0.717, 1.165) is 0 Å². The number of amides is 1. The number of nitrogens with two attached hydrogens (primary N) is 1. The quantitative estimate of drug-likeness (QED) is 0.118. The van der Waals surface area contributed by atoms with Crippen LogP contribution >= 0.6 is 7.82 Å². The zero-order valence-electron chi connectivity index (χ0n) is 32.8. The van der Waals surface area contributed by atoms with Gasteiger partial charge in [0.1, 0.15) is 35.2 Å². The van der Waals surface area contributed by atoms with Gasteiger partial charge in [0.25, 0.3) is 0 Å². The zero-order chi connectivity index (χ0) is 43.5. The number of phosphoric ester groups is 1. The number of aliphatic hydroxyl groups excluding tert-OH is 1. The topological polar surface area (TPSA) is 269 Å². The van der Waals surface area contributed by atoms with Crippen molar-refractivity contribution in [2.45, 2.75) is 18.2 Å². The molecule has 0 aliphatic carbocycles. The largest absolute Gasteiger partial charge is 0.472 e. The highest BCUT2D eigenvalue weighted by Crippen LogP contribution is 2.45. The molecule has 1 fully saturated rings. The minimum Gasteiger partial charge on any atom is -0.441 e. The fraction of sp³-hybridized carbons (Fsp3) is 0.297. The second kappa shape index (κ2) is 17.7. The molecule has 322 valence electrons. The number of carbonyl (C=O) groups is 1. The number of cyclic esters (lactones) is 1. The molecule has 0 saturated carbocycles. The lowest BCUT2D eigenvalue weighted by molar-refractivity contribution is -0.0215. The molecule has 1 amide bonds. The number of aromatic nitrogens is 10. The lowest BCUT2D eigenvalue weighted by Gasteiger charge is -2.21. The average molecular weight is 875 g/mol. The normalized spacial score (nSPS) is 17.9. The van der Waals surface area contributed by atoms with Gasteiger partial charge in [-0.05, 0) is 59.0 Å². The van der Waals surface area contributed by atoms with Crippen LogP contribution in [0, 0.1) is 11.6 Å². The highest BCUT2D eigenvalue weighted by molar-refractivity contribution is 7.47. The van der Waals surface area contributed by atoms with Crippen molar-refractivity contribution < 1.29 is 46.7 Å². The van der Waals surface area contributed by atoms with Gasteiger partial charge in [-0.3, -0.25) is 23.9 Å².